The van der Waals surface area contributed by atoms with Gasteiger partial charge in [-0.25, -0.2) is 0 Å². The molecule has 92 valence electrons. The van der Waals surface area contributed by atoms with Crippen LogP contribution in [0.15, 0.2) is 12.1 Å². The molecule has 1 aromatic carbocycles. The van der Waals surface area contributed by atoms with Crippen LogP contribution in [-0.2, 0) is 12.6 Å². The molecule has 1 heterocycles. The monoisotopic (exact) mass is 250 g/mol. The second-order valence-corrected chi connectivity index (χ2v) is 5.72. The van der Waals surface area contributed by atoms with Gasteiger partial charge in [0.15, 0.2) is 0 Å². The fourth-order valence-electron chi connectivity index (χ4n) is 2.65. The first kappa shape index (κ1) is 12.5. The summed E-state index contributed by atoms with van der Waals surface area (Å²) in [6, 6.07) is 4.02. The van der Waals surface area contributed by atoms with E-state index < -0.39 is 0 Å². The van der Waals surface area contributed by atoms with E-state index in [1.54, 1.807) is 0 Å². The van der Waals surface area contributed by atoms with Gasteiger partial charge in [-0.15, -0.1) is 0 Å². The molecule has 0 unspecified atom stereocenters. The molecule has 0 radical (unpaired) electrons. The molecular weight excluding hydrogens is 232 g/mol. The zero-order chi connectivity index (χ0) is 13.0. The number of hydrogen-bond donors (Lipinski definition) is 1. The molecule has 3 heteroatoms. The number of benzene rings is 1. The number of halogens is 1. The van der Waals surface area contributed by atoms with Gasteiger partial charge in [-0.3, -0.25) is 0 Å². The summed E-state index contributed by atoms with van der Waals surface area (Å²) in [6.07, 6.45) is 0. The molecule has 0 aliphatic carbocycles. The third kappa shape index (κ3) is 1.76. The molecular formula is C14H19ClN2. The maximum absolute atomic E-state index is 6.28. The average Bonchev–Trinajstić information content (AvgIpc) is 2.46. The number of fused-ring (bicyclic) bond motifs is 1. The normalized spacial score (nSPS) is 12.4. The fraction of sp³-hybridized carbons (Fsp3) is 0.429. The van der Waals surface area contributed by atoms with Crippen molar-refractivity contribution in [3.63, 3.8) is 0 Å². The van der Waals surface area contributed by atoms with Crippen molar-refractivity contribution in [3.8, 4) is 0 Å². The summed E-state index contributed by atoms with van der Waals surface area (Å²) in [4.78, 5) is 0. The predicted molar refractivity (Wildman–Crippen MR) is 74.6 cm³/mol. The van der Waals surface area contributed by atoms with E-state index in [0.717, 1.165) is 10.6 Å². The van der Waals surface area contributed by atoms with E-state index in [1.807, 2.05) is 19.9 Å². The Morgan fingerprint density at radius 3 is 2.35 bits per heavy atom. The van der Waals surface area contributed by atoms with Crippen LogP contribution in [0.1, 0.15) is 30.7 Å². The Balaban J connectivity index is 2.98. The van der Waals surface area contributed by atoms with Crippen molar-refractivity contribution in [1.29, 1.82) is 0 Å². The molecule has 17 heavy (non-hydrogen) atoms. The molecule has 2 N–H and O–H groups in total. The molecule has 0 atom stereocenters. The summed E-state index contributed by atoms with van der Waals surface area (Å²) in [6.45, 7) is 8.24. The Bertz CT molecular complexity index is 589. The van der Waals surface area contributed by atoms with Crippen molar-refractivity contribution >= 4 is 22.5 Å². The molecule has 0 amide bonds. The lowest BCUT2D eigenvalue weighted by Gasteiger charge is -2.19. The Hall–Kier alpha value is -0.990. The van der Waals surface area contributed by atoms with Crippen molar-refractivity contribution in [2.75, 3.05) is 0 Å². The van der Waals surface area contributed by atoms with Gasteiger partial charge in [0.05, 0.1) is 5.52 Å². The maximum Gasteiger partial charge on any atom is 0.0528 e. The highest BCUT2D eigenvalue weighted by molar-refractivity contribution is 6.32. The van der Waals surface area contributed by atoms with E-state index in [0.29, 0.717) is 0 Å². The van der Waals surface area contributed by atoms with Gasteiger partial charge in [-0.05, 0) is 44.9 Å². The number of aromatic nitrogens is 1. The lowest BCUT2D eigenvalue weighted by molar-refractivity contribution is 0.552. The average molecular weight is 251 g/mol. The first-order valence-corrected chi connectivity index (χ1v) is 6.16. The molecule has 2 rings (SSSR count). The highest BCUT2D eigenvalue weighted by Gasteiger charge is 2.24. The lowest BCUT2D eigenvalue weighted by atomic mass is 9.92. The van der Waals surface area contributed by atoms with Gasteiger partial charge >= 0.3 is 0 Å². The summed E-state index contributed by atoms with van der Waals surface area (Å²) in [5, 5.41) is 2.01. The van der Waals surface area contributed by atoms with Crippen molar-refractivity contribution in [2.24, 2.45) is 12.8 Å². The SMILES string of the molecule is Cc1c(Cl)ccc2c(C(C)(C)N)c(C)n(C)c12. The van der Waals surface area contributed by atoms with E-state index in [-0.39, 0.29) is 5.54 Å². The minimum atomic E-state index is -0.343. The largest absolute Gasteiger partial charge is 0.347 e. The Labute approximate surface area is 107 Å². The van der Waals surface area contributed by atoms with Crippen LogP contribution in [0, 0.1) is 13.8 Å². The quantitative estimate of drug-likeness (QED) is 0.823. The summed E-state index contributed by atoms with van der Waals surface area (Å²) >= 11 is 6.19. The van der Waals surface area contributed by atoms with Gasteiger partial charge in [0.2, 0.25) is 0 Å². The van der Waals surface area contributed by atoms with E-state index in [2.05, 4.69) is 31.5 Å². The summed E-state index contributed by atoms with van der Waals surface area (Å²) in [7, 11) is 2.07. The van der Waals surface area contributed by atoms with Crippen LogP contribution >= 0.6 is 11.6 Å². The zero-order valence-electron chi connectivity index (χ0n) is 11.1. The van der Waals surface area contributed by atoms with Crippen LogP contribution in [0.25, 0.3) is 10.9 Å². The second kappa shape index (κ2) is 3.76. The second-order valence-electron chi connectivity index (χ2n) is 5.31. The molecule has 2 aromatic rings. The lowest BCUT2D eigenvalue weighted by Crippen LogP contribution is -2.29. The first-order valence-electron chi connectivity index (χ1n) is 5.78. The zero-order valence-corrected chi connectivity index (χ0v) is 11.8. The Morgan fingerprint density at radius 1 is 1.24 bits per heavy atom. The van der Waals surface area contributed by atoms with Crippen molar-refractivity contribution in [1.82, 2.24) is 4.57 Å². The number of hydrogen-bond acceptors (Lipinski definition) is 1. The smallest absolute Gasteiger partial charge is 0.0528 e. The third-order valence-electron chi connectivity index (χ3n) is 3.48. The number of nitrogens with two attached hydrogens (primary N) is 1. The molecule has 0 fully saturated rings. The molecule has 0 spiro atoms. The van der Waals surface area contributed by atoms with Crippen molar-refractivity contribution < 1.29 is 0 Å². The molecule has 0 aliphatic rings. The van der Waals surface area contributed by atoms with Crippen LogP contribution in [0.3, 0.4) is 0 Å². The van der Waals surface area contributed by atoms with Gasteiger partial charge in [0, 0.05) is 28.7 Å². The van der Waals surface area contributed by atoms with Crippen LogP contribution in [-0.4, -0.2) is 4.57 Å². The first-order chi connectivity index (χ1) is 7.75. The molecule has 0 aliphatic heterocycles. The highest BCUT2D eigenvalue weighted by atomic mass is 35.5. The molecule has 0 saturated heterocycles. The summed E-state index contributed by atoms with van der Waals surface area (Å²) in [5.74, 6) is 0. The molecule has 2 nitrogen and oxygen atoms in total. The third-order valence-corrected chi connectivity index (χ3v) is 3.89. The molecule has 0 bridgehead atoms. The summed E-state index contributed by atoms with van der Waals surface area (Å²) in [5.41, 5.74) is 10.6. The van der Waals surface area contributed by atoms with Crippen LogP contribution < -0.4 is 5.73 Å². The minimum absolute atomic E-state index is 0.343. The van der Waals surface area contributed by atoms with Crippen molar-refractivity contribution in [2.45, 2.75) is 33.2 Å². The predicted octanol–water partition coefficient (Wildman–Crippen LogP) is 3.64. The van der Waals surface area contributed by atoms with Gasteiger partial charge in [0.25, 0.3) is 0 Å². The minimum Gasteiger partial charge on any atom is -0.347 e. The fourth-order valence-corrected chi connectivity index (χ4v) is 2.81. The highest BCUT2D eigenvalue weighted by Crippen LogP contribution is 2.35. The summed E-state index contributed by atoms with van der Waals surface area (Å²) < 4.78 is 2.18. The van der Waals surface area contributed by atoms with E-state index >= 15 is 0 Å². The maximum atomic E-state index is 6.28. The van der Waals surface area contributed by atoms with Crippen LogP contribution in [0.4, 0.5) is 0 Å². The molecule has 0 saturated carbocycles. The topological polar surface area (TPSA) is 30.9 Å². The van der Waals surface area contributed by atoms with Crippen LogP contribution in [0.5, 0.6) is 0 Å². The number of rotatable bonds is 1. The standard InChI is InChI=1S/C14H19ClN2/c1-8-11(15)7-6-10-12(14(3,4)16)9(2)17(5)13(8)10/h6-7H,16H2,1-5H3. The Morgan fingerprint density at radius 2 is 1.82 bits per heavy atom. The molecule has 1 aromatic heterocycles. The number of aryl methyl sites for hydroxylation is 2. The van der Waals surface area contributed by atoms with E-state index in [9.17, 15) is 0 Å². The van der Waals surface area contributed by atoms with Crippen molar-refractivity contribution in [3.05, 3.63) is 34.0 Å². The van der Waals surface area contributed by atoms with Gasteiger partial charge in [-0.1, -0.05) is 17.7 Å². The van der Waals surface area contributed by atoms with Crippen LogP contribution in [0.2, 0.25) is 5.02 Å². The van der Waals surface area contributed by atoms with E-state index in [4.69, 9.17) is 17.3 Å². The number of nitrogens with zero attached hydrogens (tertiary/aromatic N) is 1. The van der Waals surface area contributed by atoms with E-state index in [1.165, 1.54) is 22.2 Å². The Kier molecular flexibility index (Phi) is 2.75. The van der Waals surface area contributed by atoms with Gasteiger partial charge < -0.3 is 10.3 Å². The van der Waals surface area contributed by atoms with Gasteiger partial charge in [-0.2, -0.15) is 0 Å². The van der Waals surface area contributed by atoms with Gasteiger partial charge in [0.1, 0.15) is 0 Å².